The molecule has 0 spiro atoms. The Bertz CT molecular complexity index is 975. The third-order valence-corrected chi connectivity index (χ3v) is 4.14. The number of nitriles is 1. The Labute approximate surface area is 158 Å². The summed E-state index contributed by atoms with van der Waals surface area (Å²) in [7, 11) is 0. The molecule has 2 heterocycles. The summed E-state index contributed by atoms with van der Waals surface area (Å²) in [6, 6.07) is 10.2. The molecule has 0 saturated carbocycles. The van der Waals surface area contributed by atoms with E-state index in [-0.39, 0.29) is 6.54 Å². The minimum Gasteiger partial charge on any atom is -0.451 e. The fraction of sp³-hybridized carbons (Fsp3) is 0.176. The lowest BCUT2D eigenvalue weighted by molar-refractivity contribution is -0.154. The van der Waals surface area contributed by atoms with Crippen molar-refractivity contribution in [3.63, 3.8) is 0 Å². The Hall–Kier alpha value is -3.58. The Kier molecular flexibility index (Phi) is 5.53. The molecule has 0 bridgehead atoms. The van der Waals surface area contributed by atoms with Crippen LogP contribution in [0.25, 0.3) is 11.4 Å². The van der Waals surface area contributed by atoms with E-state index in [0.717, 1.165) is 10.4 Å². The number of hydrogen-bond acceptors (Lipinski definition) is 8. The summed E-state index contributed by atoms with van der Waals surface area (Å²) >= 11 is 1.50. The van der Waals surface area contributed by atoms with Gasteiger partial charge in [-0.15, -0.1) is 10.2 Å². The molecular weight excluding hydrogens is 368 g/mol. The van der Waals surface area contributed by atoms with Crippen molar-refractivity contribution < 1.29 is 14.3 Å². The first-order valence-corrected chi connectivity index (χ1v) is 8.80. The average molecular weight is 382 g/mol. The van der Waals surface area contributed by atoms with Gasteiger partial charge < -0.3 is 10.1 Å². The van der Waals surface area contributed by atoms with E-state index in [4.69, 9.17) is 10.00 Å². The lowest BCUT2D eigenvalue weighted by Crippen LogP contribution is -2.31. The molecule has 0 saturated heterocycles. The van der Waals surface area contributed by atoms with Crippen LogP contribution in [0.3, 0.4) is 0 Å². The van der Waals surface area contributed by atoms with Crippen LogP contribution in [0.1, 0.15) is 12.5 Å². The monoisotopic (exact) mass is 382 g/mol. The molecule has 0 radical (unpaired) electrons. The van der Waals surface area contributed by atoms with Crippen molar-refractivity contribution in [3.05, 3.63) is 46.7 Å². The Morgan fingerprint density at radius 1 is 1.33 bits per heavy atom. The summed E-state index contributed by atoms with van der Waals surface area (Å²) in [5, 5.41) is 26.9. The molecule has 1 amide bonds. The van der Waals surface area contributed by atoms with E-state index >= 15 is 0 Å². The highest BCUT2D eigenvalue weighted by atomic mass is 32.1. The van der Waals surface area contributed by atoms with E-state index in [0.29, 0.717) is 17.1 Å². The molecule has 136 valence electrons. The molecular formula is C17H14N6O3S. The number of ether oxygens (including phenoxy) is 1. The second-order valence-corrected chi connectivity index (χ2v) is 6.25. The highest BCUT2D eigenvalue weighted by Gasteiger charge is 2.19. The normalized spacial score (nSPS) is 11.4. The van der Waals surface area contributed by atoms with Crippen molar-refractivity contribution in [3.8, 4) is 17.5 Å². The highest BCUT2D eigenvalue weighted by molar-refractivity contribution is 7.08. The predicted octanol–water partition coefficient (Wildman–Crippen LogP) is 1.84. The number of nitrogens with zero attached hydrogens (tertiary/aromatic N) is 5. The number of carbonyl (C=O) groups is 2. The van der Waals surface area contributed by atoms with Crippen LogP contribution in [0.4, 0.5) is 5.69 Å². The van der Waals surface area contributed by atoms with Crippen molar-refractivity contribution >= 4 is 28.9 Å². The number of hydrogen-bond donors (Lipinski definition) is 1. The Balaban J connectivity index is 1.52. The van der Waals surface area contributed by atoms with Gasteiger partial charge >= 0.3 is 5.97 Å². The number of benzene rings is 1. The molecule has 2 aromatic heterocycles. The average Bonchev–Trinajstić information content (AvgIpc) is 3.33. The molecule has 3 rings (SSSR count). The van der Waals surface area contributed by atoms with Crippen molar-refractivity contribution in [1.82, 2.24) is 20.2 Å². The second-order valence-electron chi connectivity index (χ2n) is 5.47. The predicted molar refractivity (Wildman–Crippen MR) is 96.5 cm³/mol. The lowest BCUT2D eigenvalue weighted by Gasteiger charge is -2.13. The van der Waals surface area contributed by atoms with Crippen molar-refractivity contribution in [1.29, 1.82) is 5.26 Å². The number of aromatic nitrogens is 4. The zero-order chi connectivity index (χ0) is 19.2. The van der Waals surface area contributed by atoms with Crippen molar-refractivity contribution in [2.75, 3.05) is 5.32 Å². The van der Waals surface area contributed by atoms with E-state index in [1.54, 1.807) is 24.3 Å². The van der Waals surface area contributed by atoms with E-state index in [9.17, 15) is 9.59 Å². The van der Waals surface area contributed by atoms with Gasteiger partial charge in [0.25, 0.3) is 5.91 Å². The topological polar surface area (TPSA) is 123 Å². The van der Waals surface area contributed by atoms with Crippen molar-refractivity contribution in [2.45, 2.75) is 19.6 Å². The van der Waals surface area contributed by atoms with Gasteiger partial charge in [0.15, 0.2) is 12.6 Å². The van der Waals surface area contributed by atoms with E-state index in [2.05, 4.69) is 20.7 Å². The zero-order valence-electron chi connectivity index (χ0n) is 14.2. The van der Waals surface area contributed by atoms with Gasteiger partial charge in [-0.25, -0.2) is 4.79 Å². The first kappa shape index (κ1) is 18.2. The first-order valence-electron chi connectivity index (χ1n) is 7.86. The van der Waals surface area contributed by atoms with Crippen LogP contribution < -0.4 is 5.32 Å². The number of esters is 1. The first-order chi connectivity index (χ1) is 13.0. The third-order valence-electron chi connectivity index (χ3n) is 3.46. The third kappa shape index (κ3) is 4.74. The molecule has 1 N–H and O–H groups in total. The Morgan fingerprint density at radius 3 is 2.78 bits per heavy atom. The van der Waals surface area contributed by atoms with Crippen LogP contribution in [0, 0.1) is 11.3 Å². The second kappa shape index (κ2) is 8.20. The molecule has 10 heteroatoms. The summed E-state index contributed by atoms with van der Waals surface area (Å²) in [4.78, 5) is 25.2. The smallest absolute Gasteiger partial charge is 0.330 e. The van der Waals surface area contributed by atoms with Crippen LogP contribution in [0.5, 0.6) is 0 Å². The van der Waals surface area contributed by atoms with Gasteiger partial charge in [-0.1, -0.05) is 0 Å². The number of rotatable bonds is 6. The molecule has 0 fully saturated rings. The van der Waals surface area contributed by atoms with Crippen LogP contribution in [-0.4, -0.2) is 38.2 Å². The van der Waals surface area contributed by atoms with E-state index in [1.165, 1.54) is 18.3 Å². The summed E-state index contributed by atoms with van der Waals surface area (Å²) in [6.07, 6.45) is -1.01. The summed E-state index contributed by atoms with van der Waals surface area (Å²) in [5.41, 5.74) is 1.80. The maximum absolute atomic E-state index is 12.1. The van der Waals surface area contributed by atoms with E-state index in [1.807, 2.05) is 22.9 Å². The van der Waals surface area contributed by atoms with Gasteiger partial charge in [0.05, 0.1) is 11.6 Å². The van der Waals surface area contributed by atoms with Gasteiger partial charge in [-0.05, 0) is 47.8 Å². The van der Waals surface area contributed by atoms with Crippen molar-refractivity contribution in [2.24, 2.45) is 0 Å². The quantitative estimate of drug-likeness (QED) is 0.645. The Morgan fingerprint density at radius 2 is 2.11 bits per heavy atom. The summed E-state index contributed by atoms with van der Waals surface area (Å²) in [5.74, 6) is -0.735. The number of thiophene rings is 1. The molecule has 1 aromatic carbocycles. The summed E-state index contributed by atoms with van der Waals surface area (Å²) in [6.45, 7) is 1.20. The van der Waals surface area contributed by atoms with Crippen LogP contribution in [0.15, 0.2) is 41.1 Å². The number of carbonyl (C=O) groups excluding carboxylic acids is 2. The number of tetrazole rings is 1. The largest absolute Gasteiger partial charge is 0.451 e. The highest BCUT2D eigenvalue weighted by Crippen LogP contribution is 2.16. The lowest BCUT2D eigenvalue weighted by atomic mass is 10.2. The molecule has 3 aromatic rings. The van der Waals surface area contributed by atoms with Gasteiger partial charge in [0, 0.05) is 16.6 Å². The molecule has 0 aliphatic rings. The minimum absolute atomic E-state index is 0.258. The van der Waals surface area contributed by atoms with Gasteiger partial charge in [0.2, 0.25) is 5.82 Å². The zero-order valence-corrected chi connectivity index (χ0v) is 15.0. The van der Waals surface area contributed by atoms with Crippen LogP contribution in [0.2, 0.25) is 0 Å². The fourth-order valence-electron chi connectivity index (χ4n) is 2.09. The molecule has 0 unspecified atom stereocenters. The van der Waals surface area contributed by atoms with Gasteiger partial charge in [-0.2, -0.15) is 21.4 Å². The molecule has 1 atom stereocenters. The molecule has 27 heavy (non-hydrogen) atoms. The van der Waals surface area contributed by atoms with Crippen LogP contribution >= 0.6 is 11.3 Å². The molecule has 9 nitrogen and oxygen atoms in total. The number of anilines is 1. The van der Waals surface area contributed by atoms with Crippen LogP contribution in [-0.2, 0) is 20.9 Å². The maximum atomic E-state index is 12.1. The number of nitrogens with one attached hydrogen (secondary N) is 1. The van der Waals surface area contributed by atoms with Gasteiger partial charge in [0.1, 0.15) is 0 Å². The fourth-order valence-corrected chi connectivity index (χ4v) is 2.73. The van der Waals surface area contributed by atoms with Gasteiger partial charge in [-0.3, -0.25) is 4.79 Å². The maximum Gasteiger partial charge on any atom is 0.330 e. The minimum atomic E-state index is -1.01. The summed E-state index contributed by atoms with van der Waals surface area (Å²) < 4.78 is 5.10. The van der Waals surface area contributed by atoms with E-state index < -0.39 is 18.0 Å². The SMILES string of the molecule is C[C@H](OC(=O)Cn1nnc(-c2ccsc2)n1)C(=O)Nc1ccc(C#N)cc1. The number of amides is 1. The standard InChI is InChI=1S/C17H14N6O3S/c1-11(17(25)19-14-4-2-12(8-18)3-5-14)26-15(24)9-23-21-16(20-22-23)13-6-7-27-10-13/h2-7,10-11H,9H2,1H3,(H,19,25)/t11-/m0/s1. The molecule has 0 aliphatic carbocycles. The molecule has 0 aliphatic heterocycles.